The summed E-state index contributed by atoms with van der Waals surface area (Å²) in [5.74, 6) is -0.980. The number of hydrogen-bond donors (Lipinski definition) is 3. The molecule has 0 fully saturated rings. The van der Waals surface area contributed by atoms with Crippen molar-refractivity contribution in [1.29, 1.82) is 0 Å². The highest BCUT2D eigenvalue weighted by molar-refractivity contribution is 6.08. The Kier molecular flexibility index (Phi) is 7.23. The Bertz CT molecular complexity index is 1200. The molecule has 0 aromatic heterocycles. The first-order valence-electron chi connectivity index (χ1n) is 10.2. The molecule has 3 amide bonds. The summed E-state index contributed by atoms with van der Waals surface area (Å²) in [6.45, 7) is 3.73. The topological polar surface area (TPSA) is 96.5 Å². The van der Waals surface area contributed by atoms with Crippen molar-refractivity contribution in [2.24, 2.45) is 0 Å². The van der Waals surface area contributed by atoms with Gasteiger partial charge in [0.15, 0.2) is 0 Å². The van der Waals surface area contributed by atoms with Gasteiger partial charge < -0.3 is 20.7 Å². The molecule has 0 aliphatic heterocycles. The Balaban J connectivity index is 1.84. The summed E-state index contributed by atoms with van der Waals surface area (Å²) in [4.78, 5) is 36.7. The number of amides is 3. The lowest BCUT2D eigenvalue weighted by atomic mass is 10.0. The second-order valence-corrected chi connectivity index (χ2v) is 7.06. The van der Waals surface area contributed by atoms with Gasteiger partial charge in [0.1, 0.15) is 0 Å². The number of benzene rings is 3. The van der Waals surface area contributed by atoms with Crippen LogP contribution in [0, 0.1) is 0 Å². The highest BCUT2D eigenvalue weighted by atomic mass is 16.5. The van der Waals surface area contributed by atoms with Crippen LogP contribution in [-0.4, -0.2) is 31.6 Å². The molecule has 0 saturated heterocycles. The minimum absolute atomic E-state index is 0.144. The fraction of sp³-hybridized carbons (Fsp3) is 0.160. The maximum atomic E-state index is 12.7. The summed E-state index contributed by atoms with van der Waals surface area (Å²) in [5, 5.41) is 9.98. The van der Waals surface area contributed by atoms with E-state index >= 15 is 0 Å². The van der Waals surface area contributed by atoms with Gasteiger partial charge >= 0.3 is 12.0 Å². The van der Waals surface area contributed by atoms with Gasteiger partial charge in [-0.25, -0.2) is 9.59 Å². The number of allylic oxidation sites excluding steroid dienone is 1. The number of carbonyl (C=O) groups excluding carboxylic acids is 3. The molecule has 7 nitrogen and oxygen atoms in total. The lowest BCUT2D eigenvalue weighted by Crippen LogP contribution is -2.24. The maximum Gasteiger partial charge on any atom is 0.340 e. The molecular formula is C25H25N3O4. The van der Waals surface area contributed by atoms with Gasteiger partial charge in [0.2, 0.25) is 5.91 Å². The van der Waals surface area contributed by atoms with Crippen LogP contribution in [-0.2, 0) is 9.53 Å². The third-order valence-electron chi connectivity index (χ3n) is 4.81. The zero-order valence-corrected chi connectivity index (χ0v) is 18.2. The molecule has 164 valence electrons. The minimum Gasteiger partial charge on any atom is -0.462 e. The largest absolute Gasteiger partial charge is 0.462 e. The Morgan fingerprint density at radius 3 is 2.41 bits per heavy atom. The van der Waals surface area contributed by atoms with Crippen LogP contribution in [0.3, 0.4) is 0 Å². The number of esters is 1. The summed E-state index contributed by atoms with van der Waals surface area (Å²) in [5.41, 5.74) is 2.54. The number of carbonyl (C=O) groups is 3. The van der Waals surface area contributed by atoms with Crippen LogP contribution in [0.2, 0.25) is 0 Å². The molecule has 0 radical (unpaired) electrons. The van der Waals surface area contributed by atoms with E-state index in [4.69, 9.17) is 4.74 Å². The van der Waals surface area contributed by atoms with Crippen LogP contribution in [0.1, 0.15) is 29.8 Å². The van der Waals surface area contributed by atoms with Gasteiger partial charge in [-0.05, 0) is 60.0 Å². The Morgan fingerprint density at radius 1 is 0.938 bits per heavy atom. The Labute approximate surface area is 186 Å². The van der Waals surface area contributed by atoms with Crippen molar-refractivity contribution in [3.05, 3.63) is 77.9 Å². The number of hydrogen-bond acceptors (Lipinski definition) is 4. The zero-order valence-electron chi connectivity index (χ0n) is 18.2. The minimum atomic E-state index is -0.599. The third-order valence-corrected chi connectivity index (χ3v) is 4.81. The highest BCUT2D eigenvalue weighted by Gasteiger charge is 2.16. The molecule has 0 bridgehead atoms. The standard InChI is InChI=1S/C25H25N3O4/c1-4-32-24(30)21-15-20(27-25(31)26-3)11-12-22(21)28-23(29)13-16(2)18-10-9-17-7-5-6-8-19(17)14-18/h5-15H,4H2,1-3H3,(H,28,29)(H2,26,27,31). The maximum absolute atomic E-state index is 12.7. The summed E-state index contributed by atoms with van der Waals surface area (Å²) in [6.07, 6.45) is 1.48. The van der Waals surface area contributed by atoms with Crippen LogP contribution in [0.25, 0.3) is 16.3 Å². The average molecular weight is 431 g/mol. The van der Waals surface area contributed by atoms with Crippen molar-refractivity contribution in [3.63, 3.8) is 0 Å². The van der Waals surface area contributed by atoms with E-state index < -0.39 is 12.0 Å². The summed E-state index contributed by atoms with van der Waals surface area (Å²) in [7, 11) is 1.49. The highest BCUT2D eigenvalue weighted by Crippen LogP contribution is 2.24. The van der Waals surface area contributed by atoms with Crippen molar-refractivity contribution < 1.29 is 19.1 Å². The molecular weight excluding hydrogens is 406 g/mol. The molecule has 0 saturated carbocycles. The van der Waals surface area contributed by atoms with Gasteiger partial charge in [0.25, 0.3) is 0 Å². The Hall–Kier alpha value is -4.13. The fourth-order valence-electron chi connectivity index (χ4n) is 3.19. The van der Waals surface area contributed by atoms with Gasteiger partial charge in [-0.2, -0.15) is 0 Å². The van der Waals surface area contributed by atoms with Crippen molar-refractivity contribution in [3.8, 4) is 0 Å². The molecule has 0 unspecified atom stereocenters. The average Bonchev–Trinajstić information content (AvgIpc) is 2.79. The molecule has 7 heteroatoms. The van der Waals surface area contributed by atoms with E-state index in [0.29, 0.717) is 11.4 Å². The van der Waals surface area contributed by atoms with E-state index in [2.05, 4.69) is 16.0 Å². The number of rotatable bonds is 6. The fourth-order valence-corrected chi connectivity index (χ4v) is 3.19. The van der Waals surface area contributed by atoms with Crippen LogP contribution in [0.4, 0.5) is 16.2 Å². The molecule has 3 N–H and O–H groups in total. The lowest BCUT2D eigenvalue weighted by molar-refractivity contribution is -0.111. The normalized spacial score (nSPS) is 11.0. The first-order valence-corrected chi connectivity index (χ1v) is 10.2. The molecule has 3 rings (SSSR count). The monoisotopic (exact) mass is 431 g/mol. The van der Waals surface area contributed by atoms with E-state index in [1.165, 1.54) is 19.2 Å². The molecule has 3 aromatic rings. The summed E-state index contributed by atoms with van der Waals surface area (Å²) < 4.78 is 5.09. The molecule has 0 aliphatic rings. The van der Waals surface area contributed by atoms with E-state index in [1.54, 1.807) is 19.1 Å². The zero-order chi connectivity index (χ0) is 23.1. The smallest absolute Gasteiger partial charge is 0.340 e. The number of urea groups is 1. The first-order chi connectivity index (χ1) is 15.4. The predicted octanol–water partition coefficient (Wildman–Crippen LogP) is 4.81. The van der Waals surface area contributed by atoms with E-state index in [1.807, 2.05) is 49.4 Å². The van der Waals surface area contributed by atoms with Gasteiger partial charge in [-0.3, -0.25) is 4.79 Å². The number of anilines is 2. The summed E-state index contributed by atoms with van der Waals surface area (Å²) >= 11 is 0. The van der Waals surface area contributed by atoms with E-state index in [9.17, 15) is 14.4 Å². The van der Waals surface area contributed by atoms with Gasteiger partial charge in [-0.15, -0.1) is 0 Å². The number of nitrogens with one attached hydrogen (secondary N) is 3. The van der Waals surface area contributed by atoms with Gasteiger partial charge in [0, 0.05) is 18.8 Å². The molecule has 32 heavy (non-hydrogen) atoms. The molecule has 0 heterocycles. The van der Waals surface area contributed by atoms with Crippen molar-refractivity contribution in [2.45, 2.75) is 13.8 Å². The van der Waals surface area contributed by atoms with Crippen molar-refractivity contribution in [2.75, 3.05) is 24.3 Å². The lowest BCUT2D eigenvalue weighted by Gasteiger charge is -2.12. The molecule has 0 aliphatic carbocycles. The molecule has 0 spiro atoms. The SMILES string of the molecule is CCOC(=O)c1cc(NC(=O)NC)ccc1NC(=O)C=C(C)c1ccc2ccccc2c1. The van der Waals surface area contributed by atoms with Crippen LogP contribution >= 0.6 is 0 Å². The van der Waals surface area contributed by atoms with Crippen molar-refractivity contribution >= 4 is 45.6 Å². The number of ether oxygens (including phenoxy) is 1. The van der Waals surface area contributed by atoms with E-state index in [0.717, 1.165) is 21.9 Å². The predicted molar refractivity (Wildman–Crippen MR) is 127 cm³/mol. The molecule has 3 aromatic carbocycles. The first kappa shape index (κ1) is 22.6. The third kappa shape index (κ3) is 5.51. The second kappa shape index (κ2) is 10.3. The van der Waals surface area contributed by atoms with Crippen LogP contribution < -0.4 is 16.0 Å². The van der Waals surface area contributed by atoms with Crippen LogP contribution in [0.5, 0.6) is 0 Å². The second-order valence-electron chi connectivity index (χ2n) is 7.06. The van der Waals surface area contributed by atoms with E-state index in [-0.39, 0.29) is 18.1 Å². The summed E-state index contributed by atoms with van der Waals surface area (Å²) in [6, 6.07) is 18.2. The van der Waals surface area contributed by atoms with Gasteiger partial charge in [-0.1, -0.05) is 36.4 Å². The Morgan fingerprint density at radius 2 is 1.69 bits per heavy atom. The number of fused-ring (bicyclic) bond motifs is 1. The quantitative estimate of drug-likeness (QED) is 0.385. The van der Waals surface area contributed by atoms with Gasteiger partial charge in [0.05, 0.1) is 17.9 Å². The molecule has 0 atom stereocenters. The van der Waals surface area contributed by atoms with Crippen LogP contribution in [0.15, 0.2) is 66.7 Å². The van der Waals surface area contributed by atoms with Crippen molar-refractivity contribution in [1.82, 2.24) is 5.32 Å².